The third kappa shape index (κ3) is 5.56. The largest absolute Gasteiger partial charge is 0.408 e. The molecule has 4 heterocycles. The van der Waals surface area contributed by atoms with Gasteiger partial charge in [0.25, 0.3) is 0 Å². The van der Waals surface area contributed by atoms with Crippen LogP contribution in [0.5, 0.6) is 0 Å². The number of carbonyl (C=O) groups is 1. The number of morpholine rings is 1. The average molecular weight is 554 g/mol. The van der Waals surface area contributed by atoms with E-state index in [0.29, 0.717) is 41.2 Å². The molecule has 2 aromatic carbocycles. The SMILES string of the molecule is O=C(Nc1ccc(CO)cc1)Nc1ccc(-c2nc(N3CC4CCC(C3)O4)c3cnn(CC(F)(F)F)c3n2)cc1. The second-order valence-corrected chi connectivity index (χ2v) is 9.90. The lowest BCUT2D eigenvalue weighted by atomic mass is 10.2. The summed E-state index contributed by atoms with van der Waals surface area (Å²) < 4.78 is 46.6. The molecule has 2 aliphatic heterocycles. The van der Waals surface area contributed by atoms with Crippen LogP contribution in [0, 0.1) is 0 Å². The number of aromatic nitrogens is 4. The first kappa shape index (κ1) is 26.0. The molecule has 2 unspecified atom stereocenters. The number of benzene rings is 2. The standard InChI is InChI=1S/C27H26F3N7O3/c28-27(29,30)15-37-25-22(11-31-37)24(36-12-20-9-10-21(13-36)40-20)34-23(35-25)17-3-7-19(8-4-17)33-26(39)32-18-5-1-16(14-38)2-6-18/h1-8,11,20-21,38H,9-10,12-15H2,(H2,32,33,39). The van der Waals surface area contributed by atoms with Crippen LogP contribution in [0.4, 0.5) is 35.2 Å². The molecule has 2 fully saturated rings. The molecule has 2 saturated heterocycles. The van der Waals surface area contributed by atoms with E-state index in [1.54, 1.807) is 48.5 Å². The zero-order chi connectivity index (χ0) is 27.9. The molecule has 2 aromatic heterocycles. The van der Waals surface area contributed by atoms with Crippen LogP contribution in [-0.2, 0) is 17.9 Å². The number of carbonyl (C=O) groups excluding carboxylic acids is 1. The topological polar surface area (TPSA) is 117 Å². The van der Waals surface area contributed by atoms with E-state index in [2.05, 4.69) is 20.7 Å². The highest BCUT2D eigenvalue weighted by atomic mass is 19.4. The van der Waals surface area contributed by atoms with Crippen LogP contribution >= 0.6 is 0 Å². The average Bonchev–Trinajstić information content (AvgIpc) is 3.49. The number of rotatable bonds is 6. The zero-order valence-corrected chi connectivity index (χ0v) is 21.2. The lowest BCUT2D eigenvalue weighted by Gasteiger charge is -2.33. The van der Waals surface area contributed by atoms with Gasteiger partial charge in [-0.1, -0.05) is 12.1 Å². The van der Waals surface area contributed by atoms with E-state index >= 15 is 0 Å². The summed E-state index contributed by atoms with van der Waals surface area (Å²) in [5.74, 6) is 0.785. The van der Waals surface area contributed by atoms with E-state index < -0.39 is 18.8 Å². The Kier molecular flexibility index (Phi) is 6.76. The fourth-order valence-corrected chi connectivity index (χ4v) is 5.07. The molecule has 0 saturated carbocycles. The molecule has 2 atom stereocenters. The van der Waals surface area contributed by atoms with Gasteiger partial charge in [0.1, 0.15) is 12.4 Å². The van der Waals surface area contributed by atoms with Crippen molar-refractivity contribution in [2.24, 2.45) is 0 Å². The van der Waals surface area contributed by atoms with Gasteiger partial charge < -0.3 is 25.4 Å². The summed E-state index contributed by atoms with van der Waals surface area (Å²) >= 11 is 0. The van der Waals surface area contributed by atoms with Crippen LogP contribution in [0.15, 0.2) is 54.7 Å². The Hall–Kier alpha value is -4.23. The molecule has 6 rings (SSSR count). The molecule has 10 nitrogen and oxygen atoms in total. The second kappa shape index (κ2) is 10.4. The number of anilines is 3. The molecule has 0 radical (unpaired) electrons. The highest BCUT2D eigenvalue weighted by molar-refractivity contribution is 5.99. The molecule has 2 bridgehead atoms. The quantitative estimate of drug-likeness (QED) is 0.321. The van der Waals surface area contributed by atoms with Gasteiger partial charge in [0, 0.05) is 30.0 Å². The Balaban J connectivity index is 1.27. The Bertz CT molecular complexity index is 1510. The van der Waals surface area contributed by atoms with Crippen LogP contribution in [0.2, 0.25) is 0 Å². The summed E-state index contributed by atoms with van der Waals surface area (Å²) in [6, 6.07) is 13.1. The number of fused-ring (bicyclic) bond motifs is 3. The van der Waals surface area contributed by atoms with Crippen molar-refractivity contribution in [3.8, 4) is 11.4 Å². The molecule has 2 aliphatic rings. The molecule has 3 N–H and O–H groups in total. The van der Waals surface area contributed by atoms with Crippen molar-refractivity contribution < 1.29 is 27.8 Å². The summed E-state index contributed by atoms with van der Waals surface area (Å²) in [6.45, 7) is -0.170. The molecule has 0 spiro atoms. The van der Waals surface area contributed by atoms with Gasteiger partial charge in [0.15, 0.2) is 11.5 Å². The second-order valence-electron chi connectivity index (χ2n) is 9.90. The molecular formula is C27H26F3N7O3. The van der Waals surface area contributed by atoms with E-state index in [9.17, 15) is 18.0 Å². The first-order valence-corrected chi connectivity index (χ1v) is 12.8. The molecule has 40 heavy (non-hydrogen) atoms. The highest BCUT2D eigenvalue weighted by Crippen LogP contribution is 2.34. The number of aliphatic hydroxyl groups excluding tert-OH is 1. The van der Waals surface area contributed by atoms with Crippen molar-refractivity contribution in [1.29, 1.82) is 0 Å². The number of hydrogen-bond donors (Lipinski definition) is 3. The Morgan fingerprint density at radius 2 is 1.60 bits per heavy atom. The maximum atomic E-state index is 13.3. The van der Waals surface area contributed by atoms with Crippen LogP contribution in [-0.4, -0.2) is 62.4 Å². The fraction of sp³-hybridized carbons (Fsp3) is 0.333. The summed E-state index contributed by atoms with van der Waals surface area (Å²) in [5.41, 5.74) is 2.47. The number of urea groups is 1. The third-order valence-electron chi connectivity index (χ3n) is 6.94. The minimum absolute atomic E-state index is 0.0570. The van der Waals surface area contributed by atoms with Gasteiger partial charge in [-0.3, -0.25) is 0 Å². The number of halogens is 3. The maximum absolute atomic E-state index is 13.3. The van der Waals surface area contributed by atoms with Crippen LogP contribution in [0.25, 0.3) is 22.4 Å². The van der Waals surface area contributed by atoms with E-state index in [4.69, 9.17) is 14.8 Å². The van der Waals surface area contributed by atoms with Gasteiger partial charge in [-0.15, -0.1) is 0 Å². The third-order valence-corrected chi connectivity index (χ3v) is 6.94. The van der Waals surface area contributed by atoms with Gasteiger partial charge in [-0.25, -0.2) is 19.4 Å². The molecule has 13 heteroatoms. The van der Waals surface area contributed by atoms with Crippen molar-refractivity contribution in [3.05, 3.63) is 60.3 Å². The number of aliphatic hydroxyl groups is 1. The lowest BCUT2D eigenvalue weighted by Crippen LogP contribution is -2.43. The lowest BCUT2D eigenvalue weighted by molar-refractivity contribution is -0.141. The smallest absolute Gasteiger partial charge is 0.392 e. The minimum atomic E-state index is -4.46. The first-order chi connectivity index (χ1) is 19.2. The Labute approximate surface area is 226 Å². The Morgan fingerprint density at radius 1 is 0.975 bits per heavy atom. The number of nitrogens with one attached hydrogen (secondary N) is 2. The zero-order valence-electron chi connectivity index (χ0n) is 21.2. The van der Waals surface area contributed by atoms with E-state index in [0.717, 1.165) is 23.1 Å². The maximum Gasteiger partial charge on any atom is 0.408 e. The Morgan fingerprint density at radius 3 is 2.20 bits per heavy atom. The van der Waals surface area contributed by atoms with Crippen molar-refractivity contribution in [2.75, 3.05) is 28.6 Å². The monoisotopic (exact) mass is 553 g/mol. The van der Waals surface area contributed by atoms with Crippen molar-refractivity contribution in [1.82, 2.24) is 19.7 Å². The van der Waals surface area contributed by atoms with Crippen LogP contribution < -0.4 is 15.5 Å². The number of ether oxygens (including phenoxy) is 1. The van der Waals surface area contributed by atoms with Gasteiger partial charge >= 0.3 is 12.2 Å². The summed E-state index contributed by atoms with van der Waals surface area (Å²) in [6.07, 6.45) is -1.09. The number of amides is 2. The first-order valence-electron chi connectivity index (χ1n) is 12.8. The van der Waals surface area contributed by atoms with Gasteiger partial charge in [-0.05, 0) is 54.8 Å². The van der Waals surface area contributed by atoms with E-state index in [-0.39, 0.29) is 30.3 Å². The van der Waals surface area contributed by atoms with Gasteiger partial charge in [0.05, 0.1) is 30.4 Å². The summed E-state index contributed by atoms with van der Waals surface area (Å²) in [5, 5.41) is 19.0. The molecule has 208 valence electrons. The highest BCUT2D eigenvalue weighted by Gasteiger charge is 2.36. The number of hydrogen-bond acceptors (Lipinski definition) is 7. The summed E-state index contributed by atoms with van der Waals surface area (Å²) in [7, 11) is 0. The fourth-order valence-electron chi connectivity index (χ4n) is 5.07. The van der Waals surface area contributed by atoms with Crippen LogP contribution in [0.1, 0.15) is 18.4 Å². The normalized spacial score (nSPS) is 18.8. The molecule has 4 aromatic rings. The predicted octanol–water partition coefficient (Wildman–Crippen LogP) is 4.56. The minimum Gasteiger partial charge on any atom is -0.392 e. The molecular weight excluding hydrogens is 527 g/mol. The van der Waals surface area contributed by atoms with Crippen molar-refractivity contribution in [3.63, 3.8) is 0 Å². The predicted molar refractivity (Wildman–Crippen MR) is 142 cm³/mol. The number of alkyl halides is 3. The number of nitrogens with zero attached hydrogens (tertiary/aromatic N) is 5. The van der Waals surface area contributed by atoms with Crippen molar-refractivity contribution in [2.45, 2.75) is 44.4 Å². The van der Waals surface area contributed by atoms with E-state index in [1.807, 2.05) is 4.90 Å². The van der Waals surface area contributed by atoms with E-state index in [1.165, 1.54) is 6.20 Å². The molecule has 0 aliphatic carbocycles. The van der Waals surface area contributed by atoms with Gasteiger partial charge in [0.2, 0.25) is 0 Å². The van der Waals surface area contributed by atoms with Crippen molar-refractivity contribution >= 4 is 34.3 Å². The molecule has 2 amide bonds. The summed E-state index contributed by atoms with van der Waals surface area (Å²) in [4.78, 5) is 23.7. The van der Waals surface area contributed by atoms with Crippen LogP contribution in [0.3, 0.4) is 0 Å². The van der Waals surface area contributed by atoms with Gasteiger partial charge in [-0.2, -0.15) is 18.3 Å².